The number of likely N-dealkylation sites (tertiary alicyclic amines) is 1. The van der Waals surface area contributed by atoms with Crippen molar-refractivity contribution in [3.05, 3.63) is 40.2 Å². The molecule has 0 aromatic carbocycles. The van der Waals surface area contributed by atoms with Gasteiger partial charge in [-0.15, -0.1) is 11.3 Å². The van der Waals surface area contributed by atoms with Crippen LogP contribution in [-0.2, 0) is 0 Å². The average Bonchev–Trinajstić information content (AvgIpc) is 3.21. The Bertz CT molecular complexity index is 588. The van der Waals surface area contributed by atoms with Gasteiger partial charge in [0.15, 0.2) is 0 Å². The number of rotatable bonds is 5. The third-order valence-corrected chi connectivity index (χ3v) is 4.38. The molecule has 1 N–H and O–H groups in total. The van der Waals surface area contributed by atoms with Gasteiger partial charge in [0.1, 0.15) is 17.2 Å². The standard InChI is InChI=1S/C15H19N3O2S/c1-11-4-5-14(20-11)13(18-6-2-3-7-18)8-16-15(19)12-9-21-10-17-12/h4-5,9-10,13H,2-3,6-8H2,1H3,(H,16,19). The van der Waals surface area contributed by atoms with E-state index in [0.29, 0.717) is 12.2 Å². The molecule has 3 rings (SSSR count). The van der Waals surface area contributed by atoms with E-state index in [1.165, 1.54) is 24.2 Å². The van der Waals surface area contributed by atoms with Crippen LogP contribution in [0.15, 0.2) is 27.4 Å². The Morgan fingerprint density at radius 3 is 2.90 bits per heavy atom. The molecule has 2 aromatic heterocycles. The van der Waals surface area contributed by atoms with Gasteiger partial charge >= 0.3 is 0 Å². The molecule has 0 aliphatic carbocycles. The average molecular weight is 305 g/mol. The van der Waals surface area contributed by atoms with E-state index in [4.69, 9.17) is 4.42 Å². The molecule has 112 valence electrons. The molecule has 0 bridgehead atoms. The van der Waals surface area contributed by atoms with E-state index in [2.05, 4.69) is 15.2 Å². The van der Waals surface area contributed by atoms with Crippen molar-refractivity contribution < 1.29 is 9.21 Å². The summed E-state index contributed by atoms with van der Waals surface area (Å²) in [7, 11) is 0. The van der Waals surface area contributed by atoms with Crippen LogP contribution in [0.2, 0.25) is 0 Å². The molecule has 0 spiro atoms. The molecule has 1 amide bonds. The summed E-state index contributed by atoms with van der Waals surface area (Å²) < 4.78 is 5.77. The third-order valence-electron chi connectivity index (χ3n) is 3.79. The zero-order valence-corrected chi connectivity index (χ0v) is 12.9. The second-order valence-corrected chi connectivity index (χ2v) is 6.01. The minimum absolute atomic E-state index is 0.101. The fraction of sp³-hybridized carbons (Fsp3) is 0.467. The topological polar surface area (TPSA) is 58.4 Å². The highest BCUT2D eigenvalue weighted by Gasteiger charge is 2.26. The van der Waals surface area contributed by atoms with E-state index in [1.54, 1.807) is 10.9 Å². The summed E-state index contributed by atoms with van der Waals surface area (Å²) in [6.45, 7) is 4.59. The van der Waals surface area contributed by atoms with Crippen LogP contribution in [0.25, 0.3) is 0 Å². The molecule has 1 saturated heterocycles. The summed E-state index contributed by atoms with van der Waals surface area (Å²) in [6.07, 6.45) is 2.41. The monoisotopic (exact) mass is 305 g/mol. The number of carbonyl (C=O) groups is 1. The van der Waals surface area contributed by atoms with Crippen molar-refractivity contribution in [1.29, 1.82) is 0 Å². The molecule has 1 unspecified atom stereocenters. The molecule has 2 aromatic rings. The first-order valence-corrected chi connectivity index (χ1v) is 8.15. The van der Waals surface area contributed by atoms with Gasteiger partial charge in [-0.25, -0.2) is 4.98 Å². The fourth-order valence-electron chi connectivity index (χ4n) is 2.70. The van der Waals surface area contributed by atoms with Crippen LogP contribution in [-0.4, -0.2) is 35.4 Å². The molecule has 21 heavy (non-hydrogen) atoms. The van der Waals surface area contributed by atoms with Crippen LogP contribution < -0.4 is 5.32 Å². The minimum atomic E-state index is -0.122. The van der Waals surface area contributed by atoms with Gasteiger partial charge in [0, 0.05) is 11.9 Å². The fourth-order valence-corrected chi connectivity index (χ4v) is 3.23. The first-order valence-electron chi connectivity index (χ1n) is 7.21. The predicted octanol–water partition coefficient (Wildman–Crippen LogP) is 2.61. The van der Waals surface area contributed by atoms with E-state index < -0.39 is 0 Å². The van der Waals surface area contributed by atoms with E-state index in [9.17, 15) is 4.79 Å². The second kappa shape index (κ2) is 6.41. The largest absolute Gasteiger partial charge is 0.465 e. The zero-order valence-electron chi connectivity index (χ0n) is 12.0. The van der Waals surface area contributed by atoms with Gasteiger partial charge in [0.2, 0.25) is 0 Å². The number of thiazole rings is 1. The second-order valence-electron chi connectivity index (χ2n) is 5.29. The Morgan fingerprint density at radius 1 is 1.48 bits per heavy atom. The molecule has 1 atom stereocenters. The van der Waals surface area contributed by atoms with Crippen molar-refractivity contribution in [3.8, 4) is 0 Å². The zero-order chi connectivity index (χ0) is 14.7. The molecular formula is C15H19N3O2S. The number of nitrogens with zero attached hydrogens (tertiary/aromatic N) is 2. The Morgan fingerprint density at radius 2 is 2.29 bits per heavy atom. The van der Waals surface area contributed by atoms with Gasteiger partial charge in [0.05, 0.1) is 11.6 Å². The lowest BCUT2D eigenvalue weighted by atomic mass is 10.2. The molecule has 0 radical (unpaired) electrons. The summed E-state index contributed by atoms with van der Waals surface area (Å²) in [6, 6.07) is 4.08. The maximum Gasteiger partial charge on any atom is 0.270 e. The first kappa shape index (κ1) is 14.3. The molecule has 1 fully saturated rings. The molecule has 0 saturated carbocycles. The first-order chi connectivity index (χ1) is 10.2. The number of hydrogen-bond acceptors (Lipinski definition) is 5. The Balaban J connectivity index is 1.69. The maximum absolute atomic E-state index is 12.0. The Labute approximate surface area is 128 Å². The number of aromatic nitrogens is 1. The molecule has 1 aliphatic heterocycles. The lowest BCUT2D eigenvalue weighted by Gasteiger charge is -2.25. The number of hydrogen-bond donors (Lipinski definition) is 1. The SMILES string of the molecule is Cc1ccc(C(CNC(=O)c2cscn2)N2CCCC2)o1. The lowest BCUT2D eigenvalue weighted by molar-refractivity contribution is 0.0929. The predicted molar refractivity (Wildman–Crippen MR) is 81.4 cm³/mol. The Kier molecular flexibility index (Phi) is 4.36. The van der Waals surface area contributed by atoms with E-state index in [1.807, 2.05) is 19.1 Å². The van der Waals surface area contributed by atoms with Gasteiger partial charge in [-0.05, 0) is 45.0 Å². The number of nitrogens with one attached hydrogen (secondary N) is 1. The highest BCUT2D eigenvalue weighted by atomic mass is 32.1. The van der Waals surface area contributed by atoms with E-state index >= 15 is 0 Å². The highest BCUT2D eigenvalue weighted by molar-refractivity contribution is 7.07. The van der Waals surface area contributed by atoms with Crippen LogP contribution in [0.4, 0.5) is 0 Å². The number of aryl methyl sites for hydroxylation is 1. The lowest BCUT2D eigenvalue weighted by Crippen LogP contribution is -2.36. The van der Waals surface area contributed by atoms with E-state index in [0.717, 1.165) is 24.6 Å². The van der Waals surface area contributed by atoms with Gasteiger partial charge in [0.25, 0.3) is 5.91 Å². The number of furan rings is 1. The van der Waals surface area contributed by atoms with Crippen molar-refractivity contribution in [1.82, 2.24) is 15.2 Å². The van der Waals surface area contributed by atoms with Crippen LogP contribution >= 0.6 is 11.3 Å². The van der Waals surface area contributed by atoms with Crippen molar-refractivity contribution in [3.63, 3.8) is 0 Å². The van der Waals surface area contributed by atoms with Gasteiger partial charge in [-0.3, -0.25) is 9.69 Å². The summed E-state index contributed by atoms with van der Waals surface area (Å²) >= 11 is 1.43. The summed E-state index contributed by atoms with van der Waals surface area (Å²) in [5.41, 5.74) is 2.15. The molecule has 3 heterocycles. The van der Waals surface area contributed by atoms with E-state index in [-0.39, 0.29) is 11.9 Å². The Hall–Kier alpha value is -1.66. The van der Waals surface area contributed by atoms with Gasteiger partial charge in [-0.1, -0.05) is 0 Å². The quantitative estimate of drug-likeness (QED) is 0.922. The molecule has 6 heteroatoms. The summed E-state index contributed by atoms with van der Waals surface area (Å²) in [4.78, 5) is 18.5. The van der Waals surface area contributed by atoms with Crippen molar-refractivity contribution >= 4 is 17.2 Å². The van der Waals surface area contributed by atoms with Gasteiger partial charge < -0.3 is 9.73 Å². The minimum Gasteiger partial charge on any atom is -0.465 e. The number of amides is 1. The molecule has 1 aliphatic rings. The molecule has 5 nitrogen and oxygen atoms in total. The number of carbonyl (C=O) groups excluding carboxylic acids is 1. The summed E-state index contributed by atoms with van der Waals surface area (Å²) in [5, 5.41) is 4.73. The van der Waals surface area contributed by atoms with Crippen molar-refractivity contribution in [2.45, 2.75) is 25.8 Å². The summed E-state index contributed by atoms with van der Waals surface area (Å²) in [5.74, 6) is 1.71. The van der Waals surface area contributed by atoms with Crippen LogP contribution in [0.1, 0.15) is 40.9 Å². The highest BCUT2D eigenvalue weighted by Crippen LogP contribution is 2.26. The van der Waals surface area contributed by atoms with Gasteiger partial charge in [-0.2, -0.15) is 0 Å². The van der Waals surface area contributed by atoms with Crippen molar-refractivity contribution in [2.24, 2.45) is 0 Å². The van der Waals surface area contributed by atoms with Crippen LogP contribution in [0.3, 0.4) is 0 Å². The normalized spacial score (nSPS) is 17.0. The third kappa shape index (κ3) is 3.33. The van der Waals surface area contributed by atoms with Crippen LogP contribution in [0.5, 0.6) is 0 Å². The maximum atomic E-state index is 12.0. The smallest absolute Gasteiger partial charge is 0.270 e. The van der Waals surface area contributed by atoms with Crippen molar-refractivity contribution in [2.75, 3.05) is 19.6 Å². The van der Waals surface area contributed by atoms with Crippen LogP contribution in [0, 0.1) is 6.92 Å². The molecular weight excluding hydrogens is 286 g/mol.